The highest BCUT2D eigenvalue weighted by Gasteiger charge is 2.35. The number of hydroxylamine groups is 1. The molecule has 0 aliphatic heterocycles. The first-order valence-electron chi connectivity index (χ1n) is 7.30. The van der Waals surface area contributed by atoms with E-state index in [4.69, 9.17) is 5.21 Å². The Hall–Kier alpha value is -1.94. The number of benzene rings is 1. The average Bonchev–Trinajstić information content (AvgIpc) is 2.51. The molecule has 0 saturated heterocycles. The quantitative estimate of drug-likeness (QED) is 0.378. The minimum Gasteiger partial charge on any atom is -0.293 e. The van der Waals surface area contributed by atoms with Crippen molar-refractivity contribution in [1.82, 2.24) is 5.48 Å². The van der Waals surface area contributed by atoms with Crippen LogP contribution in [0.5, 0.6) is 0 Å². The second-order valence-electron chi connectivity index (χ2n) is 5.73. The van der Waals surface area contributed by atoms with E-state index in [0.29, 0.717) is 6.42 Å². The molecular formula is C17H21NO3. The number of allylic oxidation sites excluding steroid dienone is 2. The van der Waals surface area contributed by atoms with Crippen LogP contribution in [0.1, 0.15) is 48.5 Å². The van der Waals surface area contributed by atoms with E-state index in [1.807, 2.05) is 43.3 Å². The maximum atomic E-state index is 12.6. The summed E-state index contributed by atoms with van der Waals surface area (Å²) in [7, 11) is 0. The molecule has 1 atom stereocenters. The number of aryl methyl sites for hydroxylation is 1. The van der Waals surface area contributed by atoms with Crippen molar-refractivity contribution in [2.45, 2.75) is 39.0 Å². The number of carbonyl (C=O) groups excluding carboxylic acids is 2. The van der Waals surface area contributed by atoms with E-state index in [9.17, 15) is 9.59 Å². The number of amides is 1. The Morgan fingerprint density at radius 1 is 1.43 bits per heavy atom. The van der Waals surface area contributed by atoms with Gasteiger partial charge in [0.05, 0.1) is 0 Å². The van der Waals surface area contributed by atoms with Crippen LogP contribution in [0.25, 0.3) is 0 Å². The smallest absolute Gasteiger partial charge is 0.243 e. The summed E-state index contributed by atoms with van der Waals surface area (Å²) in [5, 5.41) is 8.40. The van der Waals surface area contributed by atoms with Gasteiger partial charge in [-0.3, -0.25) is 14.8 Å². The molecule has 1 aliphatic rings. The van der Waals surface area contributed by atoms with Crippen molar-refractivity contribution in [2.75, 3.05) is 0 Å². The van der Waals surface area contributed by atoms with Crippen molar-refractivity contribution in [3.63, 3.8) is 0 Å². The summed E-state index contributed by atoms with van der Waals surface area (Å²) < 4.78 is 0. The fourth-order valence-electron chi connectivity index (χ4n) is 2.71. The van der Waals surface area contributed by atoms with Gasteiger partial charge >= 0.3 is 0 Å². The predicted molar refractivity (Wildman–Crippen MR) is 80.1 cm³/mol. The number of nitrogens with one attached hydrogen (secondary N) is 1. The van der Waals surface area contributed by atoms with Crippen molar-refractivity contribution >= 4 is 11.7 Å². The Morgan fingerprint density at radius 3 is 2.95 bits per heavy atom. The van der Waals surface area contributed by atoms with Crippen molar-refractivity contribution in [3.05, 3.63) is 47.5 Å². The Labute approximate surface area is 124 Å². The molecule has 0 radical (unpaired) electrons. The lowest BCUT2D eigenvalue weighted by Gasteiger charge is -2.30. The largest absolute Gasteiger partial charge is 0.293 e. The summed E-state index contributed by atoms with van der Waals surface area (Å²) in [6.45, 7) is 1.97. The van der Waals surface area contributed by atoms with Crippen LogP contribution in [0.4, 0.5) is 0 Å². The van der Waals surface area contributed by atoms with Crippen molar-refractivity contribution in [2.24, 2.45) is 5.41 Å². The average molecular weight is 287 g/mol. The van der Waals surface area contributed by atoms with E-state index in [1.54, 1.807) is 5.48 Å². The number of fused-ring (bicyclic) bond motifs is 1. The molecule has 0 spiro atoms. The van der Waals surface area contributed by atoms with Crippen LogP contribution in [0.2, 0.25) is 0 Å². The maximum Gasteiger partial charge on any atom is 0.243 e. The highest BCUT2D eigenvalue weighted by atomic mass is 16.5. The zero-order valence-corrected chi connectivity index (χ0v) is 12.3. The Kier molecular flexibility index (Phi) is 4.91. The van der Waals surface area contributed by atoms with E-state index < -0.39 is 5.41 Å². The molecule has 4 heteroatoms. The molecule has 0 aromatic heterocycles. The lowest BCUT2D eigenvalue weighted by molar-refractivity contribution is -0.129. The van der Waals surface area contributed by atoms with Gasteiger partial charge in [0.25, 0.3) is 0 Å². The molecule has 0 saturated carbocycles. The minimum atomic E-state index is -0.451. The molecule has 1 aromatic rings. The first kappa shape index (κ1) is 15.4. The number of rotatable bonds is 5. The van der Waals surface area contributed by atoms with Crippen molar-refractivity contribution < 1.29 is 14.8 Å². The fourth-order valence-corrected chi connectivity index (χ4v) is 2.71. The van der Waals surface area contributed by atoms with Crippen LogP contribution in [-0.2, 0) is 11.2 Å². The fraction of sp³-hybridized carbons (Fsp3) is 0.412. The summed E-state index contributed by atoms with van der Waals surface area (Å²) in [6.07, 6.45) is 7.33. The number of Topliss-reactive ketones (excluding diaryl/α,β-unsaturated/α-hetero) is 1. The Bertz CT molecular complexity index is 565. The minimum absolute atomic E-state index is 0.175. The van der Waals surface area contributed by atoms with E-state index >= 15 is 0 Å². The van der Waals surface area contributed by atoms with Gasteiger partial charge in [0.1, 0.15) is 0 Å². The third-order valence-electron chi connectivity index (χ3n) is 4.08. The van der Waals surface area contributed by atoms with E-state index in [2.05, 4.69) is 0 Å². The van der Waals surface area contributed by atoms with Crippen LogP contribution in [0.3, 0.4) is 0 Å². The highest BCUT2D eigenvalue weighted by molar-refractivity contribution is 6.03. The number of unbranched alkanes of at least 4 members (excludes halogenated alkanes) is 1. The highest BCUT2D eigenvalue weighted by Crippen LogP contribution is 2.36. The number of carbonyl (C=O) groups is 2. The molecule has 112 valence electrons. The topological polar surface area (TPSA) is 66.4 Å². The SMILES string of the molecule is CC1(C=CCCCC(=O)NO)CCc2ccccc2C1=O. The van der Waals surface area contributed by atoms with E-state index in [0.717, 1.165) is 30.4 Å². The molecule has 0 bridgehead atoms. The molecule has 1 amide bonds. The maximum absolute atomic E-state index is 12.6. The number of ketones is 1. The molecule has 21 heavy (non-hydrogen) atoms. The molecular weight excluding hydrogens is 266 g/mol. The lowest BCUT2D eigenvalue weighted by atomic mass is 9.71. The normalized spacial score (nSPS) is 21.3. The third kappa shape index (κ3) is 3.58. The molecule has 1 aliphatic carbocycles. The predicted octanol–water partition coefficient (Wildman–Crippen LogP) is 3.05. The molecule has 1 unspecified atom stereocenters. The van der Waals surface area contributed by atoms with Crippen LogP contribution < -0.4 is 5.48 Å². The molecule has 2 N–H and O–H groups in total. The molecule has 1 aromatic carbocycles. The van der Waals surface area contributed by atoms with Gasteiger partial charge in [-0.2, -0.15) is 0 Å². The van der Waals surface area contributed by atoms with Gasteiger partial charge in [-0.1, -0.05) is 36.4 Å². The molecule has 2 rings (SSSR count). The molecule has 0 fully saturated rings. The van der Waals surface area contributed by atoms with Gasteiger partial charge < -0.3 is 0 Å². The van der Waals surface area contributed by atoms with E-state index in [1.165, 1.54) is 0 Å². The zero-order chi connectivity index (χ0) is 15.3. The van der Waals surface area contributed by atoms with Crippen molar-refractivity contribution in [1.29, 1.82) is 0 Å². The molecule has 0 heterocycles. The van der Waals surface area contributed by atoms with Gasteiger partial charge in [-0.15, -0.1) is 0 Å². The summed E-state index contributed by atoms with van der Waals surface area (Å²) in [6, 6.07) is 7.79. The van der Waals surface area contributed by atoms with Gasteiger partial charge in [-0.05, 0) is 38.2 Å². The Balaban J connectivity index is 1.97. The second kappa shape index (κ2) is 6.68. The van der Waals surface area contributed by atoms with Gasteiger partial charge in [-0.25, -0.2) is 5.48 Å². The molecule has 4 nitrogen and oxygen atoms in total. The third-order valence-corrected chi connectivity index (χ3v) is 4.08. The van der Waals surface area contributed by atoms with Gasteiger partial charge in [0.2, 0.25) is 5.91 Å². The first-order chi connectivity index (χ1) is 10.1. The number of hydrogen-bond acceptors (Lipinski definition) is 3. The first-order valence-corrected chi connectivity index (χ1v) is 7.30. The summed E-state index contributed by atoms with van der Waals surface area (Å²) in [4.78, 5) is 23.5. The summed E-state index contributed by atoms with van der Waals surface area (Å²) in [5.41, 5.74) is 3.12. The van der Waals surface area contributed by atoms with Gasteiger partial charge in [0.15, 0.2) is 5.78 Å². The van der Waals surface area contributed by atoms with Crippen LogP contribution in [0, 0.1) is 5.41 Å². The van der Waals surface area contributed by atoms with Crippen LogP contribution in [-0.4, -0.2) is 16.9 Å². The van der Waals surface area contributed by atoms with Crippen molar-refractivity contribution in [3.8, 4) is 0 Å². The van der Waals surface area contributed by atoms with E-state index in [-0.39, 0.29) is 18.1 Å². The van der Waals surface area contributed by atoms with Gasteiger partial charge in [0, 0.05) is 17.4 Å². The summed E-state index contributed by atoms with van der Waals surface area (Å²) >= 11 is 0. The Morgan fingerprint density at radius 2 is 2.19 bits per heavy atom. The monoisotopic (exact) mass is 287 g/mol. The second-order valence-corrected chi connectivity index (χ2v) is 5.73. The van der Waals surface area contributed by atoms with Crippen LogP contribution in [0.15, 0.2) is 36.4 Å². The number of hydrogen-bond donors (Lipinski definition) is 2. The van der Waals surface area contributed by atoms with Crippen LogP contribution >= 0.6 is 0 Å². The lowest BCUT2D eigenvalue weighted by Crippen LogP contribution is -2.31. The summed E-state index contributed by atoms with van der Waals surface area (Å²) in [5.74, 6) is -0.203. The standard InChI is InChI=1S/C17H21NO3/c1-17(11-6-2-3-9-15(19)18-21)12-10-13-7-4-5-8-14(13)16(17)20/h4-8,11,21H,2-3,9-10,12H2,1H3,(H,18,19). The zero-order valence-electron chi connectivity index (χ0n) is 12.3.